The summed E-state index contributed by atoms with van der Waals surface area (Å²) in [4.78, 5) is 18.1. The van der Waals surface area contributed by atoms with E-state index in [2.05, 4.69) is 24.1 Å². The van der Waals surface area contributed by atoms with Crippen LogP contribution in [0.25, 0.3) is 0 Å². The standard InChI is InChI=1S/C18H29N3O2/c1-18(2,15-8-10-19-11-9-15)13-20-17(23)21(3)12-14-6-4-5-7-16(14)22/h8-11,14,16,22H,4-7,12-13H2,1-3H3,(H,20,23)/t14-,16-/m1/s1. The van der Waals surface area contributed by atoms with Crippen LogP contribution in [0.2, 0.25) is 0 Å². The van der Waals surface area contributed by atoms with E-state index >= 15 is 0 Å². The molecule has 0 radical (unpaired) electrons. The van der Waals surface area contributed by atoms with Crippen molar-refractivity contribution in [2.75, 3.05) is 20.1 Å². The van der Waals surface area contributed by atoms with Crippen LogP contribution in [0, 0.1) is 5.92 Å². The molecule has 0 aliphatic heterocycles. The number of nitrogens with zero attached hydrogens (tertiary/aromatic N) is 2. The van der Waals surface area contributed by atoms with Crippen molar-refractivity contribution in [2.24, 2.45) is 5.92 Å². The smallest absolute Gasteiger partial charge is 0.317 e. The van der Waals surface area contributed by atoms with Crippen molar-refractivity contribution >= 4 is 6.03 Å². The van der Waals surface area contributed by atoms with Crippen molar-refractivity contribution in [3.05, 3.63) is 30.1 Å². The Balaban J connectivity index is 1.84. The second-order valence-electron chi connectivity index (χ2n) is 7.27. The van der Waals surface area contributed by atoms with Gasteiger partial charge in [-0.25, -0.2) is 4.79 Å². The molecule has 2 rings (SSSR count). The van der Waals surface area contributed by atoms with Gasteiger partial charge in [0, 0.05) is 43.9 Å². The number of urea groups is 1. The third-order valence-electron chi connectivity index (χ3n) is 4.87. The topological polar surface area (TPSA) is 65.5 Å². The quantitative estimate of drug-likeness (QED) is 0.876. The number of aromatic nitrogens is 1. The Kier molecular flexibility index (Phi) is 5.99. The summed E-state index contributed by atoms with van der Waals surface area (Å²) in [6.45, 7) is 5.39. The summed E-state index contributed by atoms with van der Waals surface area (Å²) >= 11 is 0. The van der Waals surface area contributed by atoms with Gasteiger partial charge in [0.1, 0.15) is 0 Å². The maximum Gasteiger partial charge on any atom is 0.317 e. The predicted octanol–water partition coefficient (Wildman–Crippen LogP) is 2.55. The lowest BCUT2D eigenvalue weighted by atomic mass is 9.85. The van der Waals surface area contributed by atoms with Gasteiger partial charge in [-0.1, -0.05) is 26.7 Å². The summed E-state index contributed by atoms with van der Waals surface area (Å²) in [5, 5.41) is 13.1. The van der Waals surface area contributed by atoms with E-state index in [1.807, 2.05) is 12.1 Å². The Morgan fingerprint density at radius 3 is 2.65 bits per heavy atom. The van der Waals surface area contributed by atoms with Crippen LogP contribution < -0.4 is 5.32 Å². The van der Waals surface area contributed by atoms with Crippen LogP contribution >= 0.6 is 0 Å². The lowest BCUT2D eigenvalue weighted by Gasteiger charge is -2.32. The van der Waals surface area contributed by atoms with Crippen LogP contribution in [0.4, 0.5) is 4.79 Å². The summed E-state index contributed by atoms with van der Waals surface area (Å²) < 4.78 is 0. The van der Waals surface area contributed by atoms with E-state index in [0.717, 1.165) is 31.2 Å². The highest BCUT2D eigenvalue weighted by Gasteiger charge is 2.27. The molecule has 5 nitrogen and oxygen atoms in total. The molecule has 1 aromatic rings. The molecule has 0 aromatic carbocycles. The zero-order valence-corrected chi connectivity index (χ0v) is 14.5. The largest absolute Gasteiger partial charge is 0.393 e. The fraction of sp³-hybridized carbons (Fsp3) is 0.667. The van der Waals surface area contributed by atoms with Crippen molar-refractivity contribution in [1.82, 2.24) is 15.2 Å². The number of nitrogens with one attached hydrogen (secondary N) is 1. The molecule has 2 atom stereocenters. The van der Waals surface area contributed by atoms with Gasteiger partial charge in [0.15, 0.2) is 0 Å². The fourth-order valence-corrected chi connectivity index (χ4v) is 3.17. The Morgan fingerprint density at radius 2 is 2.00 bits per heavy atom. The number of amides is 2. The molecule has 0 spiro atoms. The summed E-state index contributed by atoms with van der Waals surface area (Å²) in [6, 6.07) is 3.88. The van der Waals surface area contributed by atoms with E-state index in [1.165, 1.54) is 0 Å². The van der Waals surface area contributed by atoms with E-state index in [4.69, 9.17) is 0 Å². The number of carbonyl (C=O) groups is 1. The number of carbonyl (C=O) groups excluding carboxylic acids is 1. The summed E-state index contributed by atoms with van der Waals surface area (Å²) in [7, 11) is 1.80. The van der Waals surface area contributed by atoms with Gasteiger partial charge >= 0.3 is 6.03 Å². The Bertz CT molecular complexity index is 504. The number of rotatable bonds is 5. The van der Waals surface area contributed by atoms with E-state index in [1.54, 1.807) is 24.3 Å². The highest BCUT2D eigenvalue weighted by molar-refractivity contribution is 5.74. The number of hydrogen-bond acceptors (Lipinski definition) is 3. The molecule has 5 heteroatoms. The Hall–Kier alpha value is -1.62. The van der Waals surface area contributed by atoms with Gasteiger partial charge in [0.05, 0.1) is 6.10 Å². The first-order chi connectivity index (χ1) is 10.9. The third kappa shape index (κ3) is 4.93. The molecular weight excluding hydrogens is 290 g/mol. The average molecular weight is 319 g/mol. The molecule has 2 N–H and O–H groups in total. The molecule has 0 saturated heterocycles. The average Bonchev–Trinajstić information content (AvgIpc) is 2.55. The summed E-state index contributed by atoms with van der Waals surface area (Å²) in [5.41, 5.74) is 1.00. The van der Waals surface area contributed by atoms with Crippen LogP contribution in [0.1, 0.15) is 45.1 Å². The minimum atomic E-state index is -0.271. The second-order valence-corrected chi connectivity index (χ2v) is 7.27. The maximum atomic E-state index is 12.3. The van der Waals surface area contributed by atoms with Crippen molar-refractivity contribution in [3.63, 3.8) is 0 Å². The van der Waals surface area contributed by atoms with Crippen LogP contribution in [-0.4, -0.2) is 47.3 Å². The number of hydrogen-bond donors (Lipinski definition) is 2. The van der Waals surface area contributed by atoms with Gasteiger partial charge in [-0.15, -0.1) is 0 Å². The lowest BCUT2D eigenvalue weighted by Crippen LogP contribution is -2.46. The van der Waals surface area contributed by atoms with Crippen LogP contribution in [0.3, 0.4) is 0 Å². The van der Waals surface area contributed by atoms with Crippen molar-refractivity contribution in [2.45, 2.75) is 51.0 Å². The van der Waals surface area contributed by atoms with Gasteiger partial charge in [-0.05, 0) is 30.5 Å². The first-order valence-electron chi connectivity index (χ1n) is 8.47. The van der Waals surface area contributed by atoms with Gasteiger partial charge in [0.25, 0.3) is 0 Å². The molecular formula is C18H29N3O2. The SMILES string of the molecule is CN(C[C@H]1CCCC[C@H]1O)C(=O)NCC(C)(C)c1ccncc1. The monoisotopic (exact) mass is 319 g/mol. The molecule has 1 aromatic heterocycles. The Morgan fingerprint density at radius 1 is 1.35 bits per heavy atom. The number of aliphatic hydroxyl groups is 1. The van der Waals surface area contributed by atoms with E-state index in [-0.39, 0.29) is 23.5 Å². The molecule has 1 fully saturated rings. The van der Waals surface area contributed by atoms with Crippen LogP contribution in [0.15, 0.2) is 24.5 Å². The molecule has 0 bridgehead atoms. The molecule has 1 saturated carbocycles. The first kappa shape index (κ1) is 17.7. The van der Waals surface area contributed by atoms with Crippen molar-refractivity contribution in [3.8, 4) is 0 Å². The third-order valence-corrected chi connectivity index (χ3v) is 4.87. The molecule has 128 valence electrons. The molecule has 1 aliphatic carbocycles. The molecule has 2 amide bonds. The first-order valence-corrected chi connectivity index (χ1v) is 8.47. The van der Waals surface area contributed by atoms with Gasteiger partial charge in [-0.3, -0.25) is 4.98 Å². The van der Waals surface area contributed by atoms with Gasteiger partial charge in [-0.2, -0.15) is 0 Å². The highest BCUT2D eigenvalue weighted by Crippen LogP contribution is 2.25. The molecule has 0 unspecified atom stereocenters. The number of pyridine rings is 1. The van der Waals surface area contributed by atoms with Crippen LogP contribution in [-0.2, 0) is 5.41 Å². The minimum Gasteiger partial charge on any atom is -0.393 e. The zero-order valence-electron chi connectivity index (χ0n) is 14.5. The van der Waals surface area contributed by atoms with Crippen LogP contribution in [0.5, 0.6) is 0 Å². The van der Waals surface area contributed by atoms with Crippen molar-refractivity contribution in [1.29, 1.82) is 0 Å². The molecule has 23 heavy (non-hydrogen) atoms. The zero-order chi connectivity index (χ0) is 16.9. The number of aliphatic hydroxyl groups excluding tert-OH is 1. The van der Waals surface area contributed by atoms with Gasteiger partial charge in [0.2, 0.25) is 0 Å². The Labute approximate surface area is 139 Å². The molecule has 1 aliphatic rings. The van der Waals surface area contributed by atoms with Crippen molar-refractivity contribution < 1.29 is 9.90 Å². The highest BCUT2D eigenvalue weighted by atomic mass is 16.3. The van der Waals surface area contributed by atoms with Gasteiger partial charge < -0.3 is 15.3 Å². The summed E-state index contributed by atoms with van der Waals surface area (Å²) in [6.07, 6.45) is 7.37. The van der Waals surface area contributed by atoms with E-state index < -0.39 is 0 Å². The molecule has 1 heterocycles. The normalized spacial score (nSPS) is 21.7. The predicted molar refractivity (Wildman–Crippen MR) is 91.3 cm³/mol. The fourth-order valence-electron chi connectivity index (χ4n) is 3.17. The van der Waals surface area contributed by atoms with E-state index in [9.17, 15) is 9.90 Å². The lowest BCUT2D eigenvalue weighted by molar-refractivity contribution is 0.0564. The second kappa shape index (κ2) is 7.77. The maximum absolute atomic E-state index is 12.3. The summed E-state index contributed by atoms with van der Waals surface area (Å²) in [5.74, 6) is 0.202. The minimum absolute atomic E-state index is 0.0788. The van der Waals surface area contributed by atoms with E-state index in [0.29, 0.717) is 13.1 Å².